The van der Waals surface area contributed by atoms with Gasteiger partial charge in [0.2, 0.25) is 5.91 Å². The fourth-order valence-electron chi connectivity index (χ4n) is 3.29. The third-order valence-electron chi connectivity index (χ3n) is 4.61. The van der Waals surface area contributed by atoms with Crippen LogP contribution in [0.25, 0.3) is 22.1 Å². The number of nitrogens with zero attached hydrogens (tertiary/aromatic N) is 1. The molecule has 1 aliphatic heterocycles. The van der Waals surface area contributed by atoms with Gasteiger partial charge in [0, 0.05) is 25.2 Å². The summed E-state index contributed by atoms with van der Waals surface area (Å²) in [6.07, 6.45) is 1.30. The van der Waals surface area contributed by atoms with E-state index in [0.717, 1.165) is 23.2 Å². The van der Waals surface area contributed by atoms with Gasteiger partial charge in [-0.05, 0) is 54.3 Å². The third-order valence-corrected chi connectivity index (χ3v) is 4.61. The SMILES string of the molecule is Cc1cc(=O)c2ccc(-c3ccc4c(c3)CCC(=O)N4C)cc2o1. The second-order valence-corrected chi connectivity index (χ2v) is 6.23. The standard InChI is InChI=1S/C20H17NO3/c1-12-9-18(22)16-6-3-14(11-19(16)24-12)13-4-7-17-15(10-13)5-8-20(23)21(17)2/h3-4,6-7,9-11H,5,8H2,1-2H3. The average molecular weight is 319 g/mol. The molecule has 0 unspecified atom stereocenters. The second kappa shape index (κ2) is 5.34. The molecule has 0 saturated carbocycles. The third kappa shape index (κ3) is 2.31. The van der Waals surface area contributed by atoms with Crippen molar-refractivity contribution in [2.24, 2.45) is 0 Å². The summed E-state index contributed by atoms with van der Waals surface area (Å²) in [5.41, 5.74) is 4.77. The zero-order chi connectivity index (χ0) is 16.8. The molecule has 24 heavy (non-hydrogen) atoms. The molecule has 0 spiro atoms. The van der Waals surface area contributed by atoms with Crippen molar-refractivity contribution in [1.29, 1.82) is 0 Å². The molecule has 4 nitrogen and oxygen atoms in total. The predicted octanol–water partition coefficient (Wildman–Crippen LogP) is 3.68. The Kier molecular flexibility index (Phi) is 3.27. The Morgan fingerprint density at radius 2 is 1.71 bits per heavy atom. The van der Waals surface area contributed by atoms with E-state index in [4.69, 9.17) is 4.42 Å². The van der Waals surface area contributed by atoms with Crippen molar-refractivity contribution in [2.45, 2.75) is 19.8 Å². The number of anilines is 1. The van der Waals surface area contributed by atoms with Crippen LogP contribution in [-0.4, -0.2) is 13.0 Å². The van der Waals surface area contributed by atoms with Crippen LogP contribution < -0.4 is 10.3 Å². The average Bonchev–Trinajstić information content (AvgIpc) is 2.57. The summed E-state index contributed by atoms with van der Waals surface area (Å²) in [5, 5.41) is 0.590. The van der Waals surface area contributed by atoms with E-state index in [0.29, 0.717) is 23.2 Å². The van der Waals surface area contributed by atoms with Crippen molar-refractivity contribution in [2.75, 3.05) is 11.9 Å². The lowest BCUT2D eigenvalue weighted by Gasteiger charge is -2.26. The maximum Gasteiger partial charge on any atom is 0.227 e. The maximum absolute atomic E-state index is 12.0. The number of carbonyl (C=O) groups excluding carboxylic acids is 1. The fraction of sp³-hybridized carbons (Fsp3) is 0.200. The first-order valence-electron chi connectivity index (χ1n) is 7.97. The highest BCUT2D eigenvalue weighted by atomic mass is 16.3. The van der Waals surface area contributed by atoms with Crippen LogP contribution >= 0.6 is 0 Å². The summed E-state index contributed by atoms with van der Waals surface area (Å²) < 4.78 is 5.70. The number of carbonyl (C=O) groups is 1. The molecule has 0 bridgehead atoms. The molecule has 0 N–H and O–H groups in total. The number of aryl methyl sites for hydroxylation is 2. The number of rotatable bonds is 1. The van der Waals surface area contributed by atoms with E-state index in [-0.39, 0.29) is 11.3 Å². The van der Waals surface area contributed by atoms with E-state index in [2.05, 4.69) is 6.07 Å². The minimum absolute atomic E-state index is 0.0223. The molecule has 0 radical (unpaired) electrons. The van der Waals surface area contributed by atoms with E-state index < -0.39 is 0 Å². The van der Waals surface area contributed by atoms with E-state index in [1.165, 1.54) is 11.6 Å². The van der Waals surface area contributed by atoms with Crippen molar-refractivity contribution < 1.29 is 9.21 Å². The minimum Gasteiger partial charge on any atom is -0.461 e. The molecule has 0 atom stereocenters. The van der Waals surface area contributed by atoms with Gasteiger partial charge in [-0.3, -0.25) is 9.59 Å². The molecule has 1 aromatic heterocycles. The highest BCUT2D eigenvalue weighted by Gasteiger charge is 2.21. The van der Waals surface area contributed by atoms with Crippen LogP contribution in [0.5, 0.6) is 0 Å². The molecule has 2 aromatic carbocycles. The van der Waals surface area contributed by atoms with Gasteiger partial charge in [0.15, 0.2) is 5.43 Å². The van der Waals surface area contributed by atoms with Crippen LogP contribution in [-0.2, 0) is 11.2 Å². The Bertz CT molecular complexity index is 1030. The number of hydrogen-bond donors (Lipinski definition) is 0. The van der Waals surface area contributed by atoms with E-state index >= 15 is 0 Å². The zero-order valence-electron chi connectivity index (χ0n) is 13.6. The molecule has 4 rings (SSSR count). The lowest BCUT2D eigenvalue weighted by atomic mass is 9.96. The molecule has 4 heteroatoms. The Hall–Kier alpha value is -2.88. The first-order chi connectivity index (χ1) is 11.5. The van der Waals surface area contributed by atoms with E-state index in [1.54, 1.807) is 11.8 Å². The Morgan fingerprint density at radius 1 is 0.958 bits per heavy atom. The van der Waals surface area contributed by atoms with Gasteiger partial charge in [0.25, 0.3) is 0 Å². The smallest absolute Gasteiger partial charge is 0.227 e. The first kappa shape index (κ1) is 14.7. The van der Waals surface area contributed by atoms with Gasteiger partial charge >= 0.3 is 0 Å². The van der Waals surface area contributed by atoms with Gasteiger partial charge in [0.1, 0.15) is 11.3 Å². The molecule has 1 aliphatic rings. The lowest BCUT2D eigenvalue weighted by molar-refractivity contribution is -0.118. The minimum atomic E-state index is -0.0223. The number of amides is 1. The van der Waals surface area contributed by atoms with Crippen LogP contribution in [0.4, 0.5) is 5.69 Å². The Balaban J connectivity index is 1.83. The topological polar surface area (TPSA) is 50.5 Å². The summed E-state index contributed by atoms with van der Waals surface area (Å²) >= 11 is 0. The molecule has 120 valence electrons. The van der Waals surface area contributed by atoms with Gasteiger partial charge in [-0.1, -0.05) is 12.1 Å². The van der Waals surface area contributed by atoms with Gasteiger partial charge in [0.05, 0.1) is 5.39 Å². The number of benzene rings is 2. The van der Waals surface area contributed by atoms with Crippen LogP contribution in [0, 0.1) is 6.92 Å². The van der Waals surface area contributed by atoms with Gasteiger partial charge in [-0.25, -0.2) is 0 Å². The van der Waals surface area contributed by atoms with Crippen LogP contribution in [0.2, 0.25) is 0 Å². The molecular formula is C20H17NO3. The second-order valence-electron chi connectivity index (χ2n) is 6.23. The van der Waals surface area contributed by atoms with E-state index in [1.807, 2.05) is 37.4 Å². The van der Waals surface area contributed by atoms with E-state index in [9.17, 15) is 9.59 Å². The summed E-state index contributed by atoms with van der Waals surface area (Å²) in [5.74, 6) is 0.758. The summed E-state index contributed by atoms with van der Waals surface area (Å²) in [4.78, 5) is 25.5. The highest BCUT2D eigenvalue weighted by Crippen LogP contribution is 2.32. The van der Waals surface area contributed by atoms with Gasteiger partial charge in [-0.2, -0.15) is 0 Å². The van der Waals surface area contributed by atoms with Crippen molar-refractivity contribution in [1.82, 2.24) is 0 Å². The Labute approximate surface area is 139 Å². The van der Waals surface area contributed by atoms with Crippen molar-refractivity contribution >= 4 is 22.6 Å². The quantitative estimate of drug-likeness (QED) is 0.687. The van der Waals surface area contributed by atoms with Gasteiger partial charge in [-0.15, -0.1) is 0 Å². The lowest BCUT2D eigenvalue weighted by Crippen LogP contribution is -2.30. The largest absolute Gasteiger partial charge is 0.461 e. The van der Waals surface area contributed by atoms with Crippen LogP contribution in [0.3, 0.4) is 0 Å². The molecule has 3 aromatic rings. The first-order valence-corrected chi connectivity index (χ1v) is 7.97. The molecular weight excluding hydrogens is 302 g/mol. The monoisotopic (exact) mass is 319 g/mol. The van der Waals surface area contributed by atoms with Crippen LogP contribution in [0.1, 0.15) is 17.7 Å². The highest BCUT2D eigenvalue weighted by molar-refractivity contribution is 5.96. The molecule has 0 saturated heterocycles. The normalized spacial score (nSPS) is 14.1. The summed E-state index contributed by atoms with van der Waals surface area (Å²) in [6, 6.07) is 13.3. The van der Waals surface area contributed by atoms with Crippen molar-refractivity contribution in [3.05, 3.63) is 64.0 Å². The fourth-order valence-corrected chi connectivity index (χ4v) is 3.29. The Morgan fingerprint density at radius 3 is 2.54 bits per heavy atom. The molecule has 2 heterocycles. The summed E-state index contributed by atoms with van der Waals surface area (Å²) in [7, 11) is 1.81. The van der Waals surface area contributed by atoms with Crippen molar-refractivity contribution in [3.8, 4) is 11.1 Å². The predicted molar refractivity (Wildman–Crippen MR) is 94.4 cm³/mol. The number of fused-ring (bicyclic) bond motifs is 2. The maximum atomic E-state index is 12.0. The molecule has 1 amide bonds. The molecule has 0 aliphatic carbocycles. The zero-order valence-corrected chi connectivity index (χ0v) is 13.6. The summed E-state index contributed by atoms with van der Waals surface area (Å²) in [6.45, 7) is 1.78. The molecule has 0 fully saturated rings. The number of hydrogen-bond acceptors (Lipinski definition) is 3. The van der Waals surface area contributed by atoms with Crippen molar-refractivity contribution in [3.63, 3.8) is 0 Å². The van der Waals surface area contributed by atoms with Crippen LogP contribution in [0.15, 0.2) is 51.7 Å². The van der Waals surface area contributed by atoms with Gasteiger partial charge < -0.3 is 9.32 Å².